The molecule has 2 aromatic carbocycles. The van der Waals surface area contributed by atoms with Crippen molar-refractivity contribution in [2.24, 2.45) is 0 Å². The molecule has 3 rings (SSSR count). The number of carbonyl (C=O) groups is 2. The maximum atomic E-state index is 13.6. The summed E-state index contributed by atoms with van der Waals surface area (Å²) in [4.78, 5) is 24.2. The quantitative estimate of drug-likeness (QED) is 0.651. The number of carbonyl (C=O) groups excluding carboxylic acids is 2. The van der Waals surface area contributed by atoms with E-state index in [0.717, 1.165) is 6.07 Å². The zero-order valence-corrected chi connectivity index (χ0v) is 14.0. The highest BCUT2D eigenvalue weighted by Gasteiger charge is 2.31. The average molecular weight is 381 g/mol. The first-order valence-corrected chi connectivity index (χ1v) is 7.90. The van der Waals surface area contributed by atoms with Crippen molar-refractivity contribution >= 4 is 17.6 Å². The predicted molar refractivity (Wildman–Crippen MR) is 86.9 cm³/mol. The van der Waals surface area contributed by atoms with Crippen LogP contribution >= 0.6 is 0 Å². The number of rotatable bonds is 4. The zero-order chi connectivity index (χ0) is 19.6. The van der Waals surface area contributed by atoms with Crippen molar-refractivity contribution in [2.75, 3.05) is 11.9 Å². The summed E-state index contributed by atoms with van der Waals surface area (Å²) in [6, 6.07) is 8.23. The summed E-state index contributed by atoms with van der Waals surface area (Å²) in [5.41, 5.74) is -0.576. The lowest BCUT2D eigenvalue weighted by Gasteiger charge is -2.25. The normalized spacial score (nSPS) is 16.4. The van der Waals surface area contributed by atoms with E-state index >= 15 is 0 Å². The summed E-state index contributed by atoms with van der Waals surface area (Å²) < 4.78 is 55.5. The van der Waals surface area contributed by atoms with Gasteiger partial charge in [0.2, 0.25) is 6.10 Å². The van der Waals surface area contributed by atoms with E-state index in [1.165, 1.54) is 6.92 Å². The van der Waals surface area contributed by atoms with E-state index in [-0.39, 0.29) is 6.61 Å². The van der Waals surface area contributed by atoms with Gasteiger partial charge in [-0.25, -0.2) is 18.0 Å². The molecule has 2 aromatic rings. The number of anilines is 1. The summed E-state index contributed by atoms with van der Waals surface area (Å²) in [6.07, 6.45) is -2.43. The number of halogens is 3. The third-order valence-electron chi connectivity index (χ3n) is 3.73. The van der Waals surface area contributed by atoms with Gasteiger partial charge in [-0.3, -0.25) is 4.79 Å². The molecule has 0 spiro atoms. The molecule has 27 heavy (non-hydrogen) atoms. The molecule has 2 atom stereocenters. The lowest BCUT2D eigenvalue weighted by atomic mass is 10.2. The fourth-order valence-electron chi connectivity index (χ4n) is 2.30. The number of ether oxygens (including phenoxy) is 3. The van der Waals surface area contributed by atoms with Gasteiger partial charge in [0.15, 0.2) is 35.1 Å². The molecule has 0 saturated carbocycles. The minimum atomic E-state index is -1.72. The van der Waals surface area contributed by atoms with Crippen LogP contribution in [0, 0.1) is 17.5 Å². The first kappa shape index (κ1) is 18.6. The monoisotopic (exact) mass is 381 g/mol. The van der Waals surface area contributed by atoms with Crippen LogP contribution in [0.1, 0.15) is 6.92 Å². The van der Waals surface area contributed by atoms with E-state index in [0.29, 0.717) is 17.6 Å². The zero-order valence-electron chi connectivity index (χ0n) is 14.0. The second-order valence-corrected chi connectivity index (χ2v) is 5.66. The Hall–Kier alpha value is -3.23. The molecule has 142 valence electrons. The number of benzene rings is 2. The summed E-state index contributed by atoms with van der Waals surface area (Å²) in [5.74, 6) is -5.62. The van der Waals surface area contributed by atoms with Crippen LogP contribution in [0.2, 0.25) is 0 Å². The Morgan fingerprint density at radius 2 is 1.81 bits per heavy atom. The molecule has 1 heterocycles. The molecule has 0 unspecified atom stereocenters. The van der Waals surface area contributed by atoms with E-state index in [1.54, 1.807) is 24.3 Å². The Morgan fingerprint density at radius 1 is 1.11 bits per heavy atom. The molecule has 0 aromatic heterocycles. The van der Waals surface area contributed by atoms with Crippen molar-refractivity contribution in [3.05, 3.63) is 53.8 Å². The van der Waals surface area contributed by atoms with Gasteiger partial charge < -0.3 is 19.5 Å². The van der Waals surface area contributed by atoms with Gasteiger partial charge in [-0.1, -0.05) is 12.1 Å². The highest BCUT2D eigenvalue weighted by atomic mass is 19.2. The van der Waals surface area contributed by atoms with E-state index < -0.39 is 47.2 Å². The van der Waals surface area contributed by atoms with Crippen LogP contribution in [0.25, 0.3) is 0 Å². The summed E-state index contributed by atoms with van der Waals surface area (Å²) in [7, 11) is 0. The molecule has 1 aliphatic heterocycles. The van der Waals surface area contributed by atoms with E-state index in [1.807, 2.05) is 5.32 Å². The lowest BCUT2D eigenvalue weighted by molar-refractivity contribution is -0.162. The van der Waals surface area contributed by atoms with Gasteiger partial charge >= 0.3 is 5.97 Å². The van der Waals surface area contributed by atoms with Crippen LogP contribution < -0.4 is 14.8 Å². The summed E-state index contributed by atoms with van der Waals surface area (Å²) >= 11 is 0. The topological polar surface area (TPSA) is 73.9 Å². The third kappa shape index (κ3) is 3.97. The maximum Gasteiger partial charge on any atom is 0.351 e. The first-order chi connectivity index (χ1) is 12.9. The Morgan fingerprint density at radius 3 is 2.56 bits per heavy atom. The Balaban J connectivity index is 1.60. The van der Waals surface area contributed by atoms with Crippen LogP contribution in [-0.2, 0) is 14.3 Å². The van der Waals surface area contributed by atoms with E-state index in [2.05, 4.69) is 0 Å². The molecule has 0 aliphatic carbocycles. The van der Waals surface area contributed by atoms with Gasteiger partial charge in [-0.2, -0.15) is 0 Å². The standard InChI is InChI=1S/C18H14F3NO5/c1-9(17(23)22-11-7-6-10(19)15(20)16(11)21)26-18(24)14-8-25-12-4-2-3-5-13(12)27-14/h2-7,9,14H,8H2,1H3,(H,22,23)/t9-,14+/m0/s1. The SMILES string of the molecule is C[C@H](OC(=O)[C@H]1COc2ccccc2O1)C(=O)Nc1ccc(F)c(F)c1F. The molecule has 9 heteroatoms. The van der Waals surface area contributed by atoms with Gasteiger partial charge in [-0.15, -0.1) is 0 Å². The van der Waals surface area contributed by atoms with E-state index in [4.69, 9.17) is 14.2 Å². The summed E-state index contributed by atoms with van der Waals surface area (Å²) in [6.45, 7) is 1.13. The van der Waals surface area contributed by atoms with Crippen molar-refractivity contribution in [3.8, 4) is 11.5 Å². The molecule has 1 N–H and O–H groups in total. The number of amides is 1. The average Bonchev–Trinajstić information content (AvgIpc) is 2.67. The summed E-state index contributed by atoms with van der Waals surface area (Å²) in [5, 5.41) is 2.03. The largest absolute Gasteiger partial charge is 0.485 e. The van der Waals surface area contributed by atoms with Gasteiger partial charge in [0.05, 0.1) is 5.69 Å². The molecule has 1 amide bonds. The Labute approximate surface area is 151 Å². The van der Waals surface area contributed by atoms with Crippen LogP contribution in [0.15, 0.2) is 36.4 Å². The number of hydrogen-bond acceptors (Lipinski definition) is 5. The second-order valence-electron chi connectivity index (χ2n) is 5.66. The maximum absolute atomic E-state index is 13.6. The molecule has 0 saturated heterocycles. The van der Waals surface area contributed by atoms with Gasteiger partial charge in [0, 0.05) is 0 Å². The smallest absolute Gasteiger partial charge is 0.351 e. The number of hydrogen-bond donors (Lipinski definition) is 1. The van der Waals surface area contributed by atoms with Crippen molar-refractivity contribution < 1.29 is 37.0 Å². The second kappa shape index (κ2) is 7.56. The van der Waals surface area contributed by atoms with Crippen molar-refractivity contribution in [1.29, 1.82) is 0 Å². The van der Waals surface area contributed by atoms with Gasteiger partial charge in [-0.05, 0) is 31.2 Å². The van der Waals surface area contributed by atoms with Crippen molar-refractivity contribution in [1.82, 2.24) is 0 Å². The number of esters is 1. The molecule has 1 aliphatic rings. The molecular formula is C18H14F3NO5. The van der Waals surface area contributed by atoms with Gasteiger partial charge in [0.1, 0.15) is 6.61 Å². The number of nitrogens with one attached hydrogen (secondary N) is 1. The van der Waals surface area contributed by atoms with Crippen molar-refractivity contribution in [2.45, 2.75) is 19.1 Å². The third-order valence-corrected chi connectivity index (χ3v) is 3.73. The molecule has 0 radical (unpaired) electrons. The van der Waals surface area contributed by atoms with Crippen LogP contribution in [0.5, 0.6) is 11.5 Å². The van der Waals surface area contributed by atoms with Crippen LogP contribution in [-0.4, -0.2) is 30.7 Å². The molecular weight excluding hydrogens is 367 g/mol. The lowest BCUT2D eigenvalue weighted by Crippen LogP contribution is -2.41. The van der Waals surface area contributed by atoms with Gasteiger partial charge in [0.25, 0.3) is 5.91 Å². The molecule has 0 fully saturated rings. The number of para-hydroxylation sites is 2. The number of fused-ring (bicyclic) bond motifs is 1. The first-order valence-electron chi connectivity index (χ1n) is 7.90. The van der Waals surface area contributed by atoms with Crippen LogP contribution in [0.4, 0.5) is 18.9 Å². The highest BCUT2D eigenvalue weighted by molar-refractivity contribution is 5.95. The molecule has 0 bridgehead atoms. The van der Waals surface area contributed by atoms with Crippen molar-refractivity contribution in [3.63, 3.8) is 0 Å². The minimum absolute atomic E-state index is 0.109. The minimum Gasteiger partial charge on any atom is -0.485 e. The molecule has 6 nitrogen and oxygen atoms in total. The Bertz CT molecular complexity index is 889. The van der Waals surface area contributed by atoms with Crippen LogP contribution in [0.3, 0.4) is 0 Å². The highest BCUT2D eigenvalue weighted by Crippen LogP contribution is 2.31. The predicted octanol–water partition coefficient (Wildman–Crippen LogP) is 2.81. The van der Waals surface area contributed by atoms with E-state index in [9.17, 15) is 22.8 Å². The fraction of sp³-hybridized carbons (Fsp3) is 0.222. The fourth-order valence-corrected chi connectivity index (χ4v) is 2.30. The Kier molecular flexibility index (Phi) is 5.20.